The molecule has 0 amide bonds. The first-order valence-corrected chi connectivity index (χ1v) is 8.71. The molecule has 1 heterocycles. The van der Waals surface area contributed by atoms with Gasteiger partial charge in [0.1, 0.15) is 5.75 Å². The number of methoxy groups -OCH3 is 1. The zero-order chi connectivity index (χ0) is 17.9. The Labute approximate surface area is 152 Å². The van der Waals surface area contributed by atoms with Crippen molar-refractivity contribution < 1.29 is 19.0 Å². The molecule has 0 bridgehead atoms. The standard InChI is InChI=1S/C22H20O4/c1-24-22(23)17-7-9-18-16(13-17)8-11-20-19(18)10-12-21(26-20)25-14-15-5-3-2-4-6-15/h2-9,11,13,21H,10,12,14H2,1H3/t21-/m0/s1. The summed E-state index contributed by atoms with van der Waals surface area (Å²) in [5, 5.41) is 2.12. The number of aryl methyl sites for hydroxylation is 1. The minimum Gasteiger partial charge on any atom is -0.465 e. The van der Waals surface area contributed by atoms with Crippen molar-refractivity contribution in [1.29, 1.82) is 0 Å². The summed E-state index contributed by atoms with van der Waals surface area (Å²) < 4.78 is 16.8. The molecule has 0 unspecified atom stereocenters. The number of esters is 1. The van der Waals surface area contributed by atoms with Crippen LogP contribution in [0.5, 0.6) is 5.75 Å². The first-order valence-electron chi connectivity index (χ1n) is 8.71. The zero-order valence-corrected chi connectivity index (χ0v) is 14.6. The van der Waals surface area contributed by atoms with E-state index < -0.39 is 0 Å². The second-order valence-corrected chi connectivity index (χ2v) is 6.35. The highest BCUT2D eigenvalue weighted by Crippen LogP contribution is 2.34. The summed E-state index contributed by atoms with van der Waals surface area (Å²) in [5.41, 5.74) is 2.86. The number of hydrogen-bond donors (Lipinski definition) is 0. The van der Waals surface area contributed by atoms with Gasteiger partial charge in [-0.05, 0) is 41.0 Å². The lowest BCUT2D eigenvalue weighted by Crippen LogP contribution is -2.25. The van der Waals surface area contributed by atoms with Crippen LogP contribution >= 0.6 is 0 Å². The average molecular weight is 348 g/mol. The summed E-state index contributed by atoms with van der Waals surface area (Å²) in [6.07, 6.45) is 1.44. The van der Waals surface area contributed by atoms with Gasteiger partial charge in [0, 0.05) is 12.0 Å². The van der Waals surface area contributed by atoms with Crippen molar-refractivity contribution in [3.05, 3.63) is 77.4 Å². The maximum Gasteiger partial charge on any atom is 0.337 e. The van der Waals surface area contributed by atoms with Crippen molar-refractivity contribution in [2.75, 3.05) is 7.11 Å². The van der Waals surface area contributed by atoms with Gasteiger partial charge < -0.3 is 14.2 Å². The summed E-state index contributed by atoms with van der Waals surface area (Å²) in [6, 6.07) is 19.6. The molecule has 0 spiro atoms. The molecule has 26 heavy (non-hydrogen) atoms. The molecule has 4 heteroatoms. The van der Waals surface area contributed by atoms with Crippen LogP contribution in [-0.2, 0) is 22.5 Å². The summed E-state index contributed by atoms with van der Waals surface area (Å²) in [4.78, 5) is 11.7. The molecule has 0 radical (unpaired) electrons. The number of benzene rings is 3. The lowest BCUT2D eigenvalue weighted by Gasteiger charge is -2.27. The molecule has 0 saturated heterocycles. The molecule has 3 aromatic rings. The highest BCUT2D eigenvalue weighted by atomic mass is 16.7. The van der Waals surface area contributed by atoms with Crippen LogP contribution in [0.3, 0.4) is 0 Å². The third-order valence-electron chi connectivity index (χ3n) is 4.68. The predicted octanol–water partition coefficient (Wildman–Crippen LogP) is 4.49. The van der Waals surface area contributed by atoms with Crippen LogP contribution in [0.2, 0.25) is 0 Å². The molecule has 1 aliphatic rings. The second-order valence-electron chi connectivity index (χ2n) is 6.35. The minimum atomic E-state index is -0.324. The molecule has 0 aliphatic carbocycles. The summed E-state index contributed by atoms with van der Waals surface area (Å²) in [6.45, 7) is 0.539. The highest BCUT2D eigenvalue weighted by Gasteiger charge is 2.22. The Morgan fingerprint density at radius 1 is 1.12 bits per heavy atom. The average Bonchev–Trinajstić information content (AvgIpc) is 2.71. The van der Waals surface area contributed by atoms with Gasteiger partial charge in [0.05, 0.1) is 19.3 Å². The Morgan fingerprint density at radius 3 is 2.77 bits per heavy atom. The SMILES string of the molecule is COC(=O)c1ccc2c3c(ccc2c1)O[C@H](OCc1ccccc1)CC3. The number of carbonyl (C=O) groups is 1. The molecular formula is C22H20O4. The quantitative estimate of drug-likeness (QED) is 0.652. The maximum absolute atomic E-state index is 11.7. The molecule has 4 nitrogen and oxygen atoms in total. The number of ether oxygens (including phenoxy) is 3. The Bertz CT molecular complexity index is 934. The molecule has 0 fully saturated rings. The van der Waals surface area contributed by atoms with Crippen LogP contribution in [0, 0.1) is 0 Å². The molecule has 1 atom stereocenters. The van der Waals surface area contributed by atoms with Crippen molar-refractivity contribution in [2.45, 2.75) is 25.7 Å². The van der Waals surface area contributed by atoms with Crippen molar-refractivity contribution in [1.82, 2.24) is 0 Å². The van der Waals surface area contributed by atoms with E-state index >= 15 is 0 Å². The molecule has 1 aliphatic heterocycles. The molecule has 4 rings (SSSR count). The van der Waals surface area contributed by atoms with Crippen molar-refractivity contribution in [3.8, 4) is 5.75 Å². The summed E-state index contributed by atoms with van der Waals surface area (Å²) in [7, 11) is 1.39. The molecule has 132 valence electrons. The lowest BCUT2D eigenvalue weighted by atomic mass is 9.96. The Kier molecular flexibility index (Phi) is 4.59. The van der Waals surface area contributed by atoms with Gasteiger partial charge in [0.15, 0.2) is 0 Å². The topological polar surface area (TPSA) is 44.8 Å². The Morgan fingerprint density at radius 2 is 1.96 bits per heavy atom. The molecule has 3 aromatic carbocycles. The lowest BCUT2D eigenvalue weighted by molar-refractivity contribution is -0.0993. The van der Waals surface area contributed by atoms with E-state index in [0.717, 1.165) is 34.9 Å². The van der Waals surface area contributed by atoms with Crippen LogP contribution < -0.4 is 4.74 Å². The minimum absolute atomic E-state index is 0.241. The van der Waals surface area contributed by atoms with E-state index in [9.17, 15) is 4.79 Å². The van der Waals surface area contributed by atoms with Gasteiger partial charge >= 0.3 is 5.97 Å². The fourth-order valence-electron chi connectivity index (χ4n) is 3.33. The number of rotatable bonds is 4. The first kappa shape index (κ1) is 16.6. The zero-order valence-electron chi connectivity index (χ0n) is 14.6. The van der Waals surface area contributed by atoms with Crippen LogP contribution in [0.1, 0.15) is 27.9 Å². The van der Waals surface area contributed by atoms with E-state index in [0.29, 0.717) is 12.2 Å². The molecule has 0 aromatic heterocycles. The van der Waals surface area contributed by atoms with Crippen LogP contribution in [-0.4, -0.2) is 19.4 Å². The smallest absolute Gasteiger partial charge is 0.337 e. The summed E-state index contributed by atoms with van der Waals surface area (Å²) >= 11 is 0. The van der Waals surface area contributed by atoms with Gasteiger partial charge in [-0.25, -0.2) is 4.79 Å². The van der Waals surface area contributed by atoms with Gasteiger partial charge in [0.25, 0.3) is 0 Å². The Balaban J connectivity index is 1.52. The van der Waals surface area contributed by atoms with E-state index in [-0.39, 0.29) is 12.3 Å². The Hall–Kier alpha value is -2.85. The van der Waals surface area contributed by atoms with Gasteiger partial charge in [-0.15, -0.1) is 0 Å². The van der Waals surface area contributed by atoms with E-state index in [1.807, 2.05) is 54.6 Å². The monoisotopic (exact) mass is 348 g/mol. The fraction of sp³-hybridized carbons (Fsp3) is 0.227. The van der Waals surface area contributed by atoms with Crippen LogP contribution in [0.15, 0.2) is 60.7 Å². The van der Waals surface area contributed by atoms with Crippen molar-refractivity contribution in [2.24, 2.45) is 0 Å². The van der Waals surface area contributed by atoms with E-state index in [2.05, 4.69) is 0 Å². The predicted molar refractivity (Wildman–Crippen MR) is 99.3 cm³/mol. The first-order chi connectivity index (χ1) is 12.7. The normalized spacial score (nSPS) is 16.0. The largest absolute Gasteiger partial charge is 0.465 e. The molecule has 0 N–H and O–H groups in total. The van der Waals surface area contributed by atoms with Crippen LogP contribution in [0.25, 0.3) is 10.8 Å². The van der Waals surface area contributed by atoms with Crippen molar-refractivity contribution >= 4 is 16.7 Å². The third kappa shape index (κ3) is 3.28. The van der Waals surface area contributed by atoms with Gasteiger partial charge in [-0.1, -0.05) is 42.5 Å². The maximum atomic E-state index is 11.7. The number of carbonyl (C=O) groups excluding carboxylic acids is 1. The van der Waals surface area contributed by atoms with E-state index in [1.165, 1.54) is 12.7 Å². The molecule has 0 saturated carbocycles. The van der Waals surface area contributed by atoms with Crippen molar-refractivity contribution in [3.63, 3.8) is 0 Å². The fourth-order valence-corrected chi connectivity index (χ4v) is 3.33. The van der Waals surface area contributed by atoms with Gasteiger partial charge in [0.2, 0.25) is 6.29 Å². The van der Waals surface area contributed by atoms with Gasteiger partial charge in [-0.3, -0.25) is 0 Å². The third-order valence-corrected chi connectivity index (χ3v) is 4.68. The molecular weight excluding hydrogens is 328 g/mol. The van der Waals surface area contributed by atoms with Crippen LogP contribution in [0.4, 0.5) is 0 Å². The number of fused-ring (bicyclic) bond motifs is 3. The van der Waals surface area contributed by atoms with Gasteiger partial charge in [-0.2, -0.15) is 0 Å². The van der Waals surface area contributed by atoms with E-state index in [1.54, 1.807) is 6.07 Å². The highest BCUT2D eigenvalue weighted by molar-refractivity contribution is 5.97. The second kappa shape index (κ2) is 7.18. The number of hydrogen-bond acceptors (Lipinski definition) is 4. The summed E-state index contributed by atoms with van der Waals surface area (Å²) in [5.74, 6) is 0.530. The van der Waals surface area contributed by atoms with E-state index in [4.69, 9.17) is 14.2 Å².